The van der Waals surface area contributed by atoms with E-state index in [0.717, 1.165) is 28.2 Å². The van der Waals surface area contributed by atoms with Crippen molar-refractivity contribution in [1.82, 2.24) is 10.2 Å². The van der Waals surface area contributed by atoms with Crippen molar-refractivity contribution in [2.75, 3.05) is 16.4 Å². The van der Waals surface area contributed by atoms with Gasteiger partial charge in [-0.3, -0.25) is 25.0 Å². The van der Waals surface area contributed by atoms with E-state index in [2.05, 4.69) is 20.8 Å². The Morgan fingerprint density at radius 3 is 2.63 bits per heavy atom. The van der Waals surface area contributed by atoms with E-state index in [9.17, 15) is 19.7 Å². The Kier molecular flexibility index (Phi) is 6.75. The van der Waals surface area contributed by atoms with Crippen molar-refractivity contribution >= 4 is 51.4 Å². The molecule has 11 heteroatoms. The van der Waals surface area contributed by atoms with Gasteiger partial charge in [0.2, 0.25) is 11.0 Å². The summed E-state index contributed by atoms with van der Waals surface area (Å²) >= 11 is 2.27. The molecule has 1 aromatic heterocycles. The predicted octanol–water partition coefficient (Wildman–Crippen LogP) is 4.05. The van der Waals surface area contributed by atoms with Gasteiger partial charge in [0.05, 0.1) is 10.7 Å². The van der Waals surface area contributed by atoms with Crippen LogP contribution in [0.4, 0.5) is 16.5 Å². The summed E-state index contributed by atoms with van der Waals surface area (Å²) in [6.45, 7) is 3.91. The number of anilines is 2. The van der Waals surface area contributed by atoms with Gasteiger partial charge in [-0.15, -0.1) is 10.2 Å². The molecular formula is C19H17N5O4S2. The van der Waals surface area contributed by atoms with Crippen molar-refractivity contribution in [3.8, 4) is 0 Å². The van der Waals surface area contributed by atoms with E-state index in [0.29, 0.717) is 4.34 Å². The lowest BCUT2D eigenvalue weighted by molar-refractivity contribution is -0.385. The maximum Gasteiger partial charge on any atom is 0.282 e. The van der Waals surface area contributed by atoms with Crippen molar-refractivity contribution in [3.05, 3.63) is 69.3 Å². The van der Waals surface area contributed by atoms with Crippen LogP contribution in [-0.4, -0.2) is 32.7 Å². The van der Waals surface area contributed by atoms with Crippen LogP contribution < -0.4 is 10.6 Å². The third kappa shape index (κ3) is 5.19. The van der Waals surface area contributed by atoms with Crippen molar-refractivity contribution < 1.29 is 14.5 Å². The summed E-state index contributed by atoms with van der Waals surface area (Å²) in [5.41, 5.74) is 2.49. The number of thioether (sulfide) groups is 1. The molecule has 154 valence electrons. The topological polar surface area (TPSA) is 127 Å². The van der Waals surface area contributed by atoms with Crippen molar-refractivity contribution in [1.29, 1.82) is 0 Å². The van der Waals surface area contributed by atoms with Gasteiger partial charge in [-0.05, 0) is 37.1 Å². The van der Waals surface area contributed by atoms with Crippen LogP contribution in [0, 0.1) is 24.0 Å². The second-order valence-electron chi connectivity index (χ2n) is 6.19. The SMILES string of the molecule is Cc1cccc(NC(=O)CSc2nnc(NC(=O)c3ccccc3[N+](=O)[O-])s2)c1C. The van der Waals surface area contributed by atoms with Gasteiger partial charge < -0.3 is 5.32 Å². The Morgan fingerprint density at radius 1 is 1.10 bits per heavy atom. The molecular weight excluding hydrogens is 426 g/mol. The van der Waals surface area contributed by atoms with Gasteiger partial charge in [0.1, 0.15) is 5.56 Å². The summed E-state index contributed by atoms with van der Waals surface area (Å²) < 4.78 is 0.490. The quantitative estimate of drug-likeness (QED) is 0.244. The number of carbonyl (C=O) groups is 2. The third-order valence-electron chi connectivity index (χ3n) is 4.18. The van der Waals surface area contributed by atoms with Crippen molar-refractivity contribution in [2.45, 2.75) is 18.2 Å². The minimum Gasteiger partial charge on any atom is -0.325 e. The number of nitrogens with one attached hydrogen (secondary N) is 2. The second kappa shape index (κ2) is 9.46. The molecule has 2 N–H and O–H groups in total. The molecule has 0 spiro atoms. The molecule has 0 unspecified atom stereocenters. The fraction of sp³-hybridized carbons (Fsp3) is 0.158. The summed E-state index contributed by atoms with van der Waals surface area (Å²) in [5, 5.41) is 24.4. The molecule has 0 radical (unpaired) electrons. The zero-order valence-corrected chi connectivity index (χ0v) is 17.7. The highest BCUT2D eigenvalue weighted by Crippen LogP contribution is 2.27. The average Bonchev–Trinajstić information content (AvgIpc) is 3.17. The van der Waals surface area contributed by atoms with Gasteiger partial charge in [0.15, 0.2) is 4.34 Å². The van der Waals surface area contributed by atoms with Gasteiger partial charge in [-0.2, -0.15) is 0 Å². The van der Waals surface area contributed by atoms with Crippen LogP contribution in [0.2, 0.25) is 0 Å². The van der Waals surface area contributed by atoms with Crippen molar-refractivity contribution in [3.63, 3.8) is 0 Å². The first-order valence-electron chi connectivity index (χ1n) is 8.72. The zero-order chi connectivity index (χ0) is 21.7. The van der Waals surface area contributed by atoms with Crippen LogP contribution in [0.15, 0.2) is 46.8 Å². The van der Waals surface area contributed by atoms with Gasteiger partial charge in [0, 0.05) is 11.8 Å². The largest absolute Gasteiger partial charge is 0.325 e. The van der Waals surface area contributed by atoms with Crippen LogP contribution in [0.25, 0.3) is 0 Å². The first-order chi connectivity index (χ1) is 14.3. The number of rotatable bonds is 7. The molecule has 3 rings (SSSR count). The highest BCUT2D eigenvalue weighted by atomic mass is 32.2. The fourth-order valence-electron chi connectivity index (χ4n) is 2.51. The van der Waals surface area contributed by atoms with E-state index in [1.54, 1.807) is 0 Å². The van der Waals surface area contributed by atoms with Crippen LogP contribution in [0.5, 0.6) is 0 Å². The van der Waals surface area contributed by atoms with E-state index < -0.39 is 10.8 Å². The molecule has 0 aliphatic carbocycles. The molecule has 3 aromatic rings. The third-order valence-corrected chi connectivity index (χ3v) is 6.15. The lowest BCUT2D eigenvalue weighted by Gasteiger charge is -2.09. The Labute approximate surface area is 180 Å². The van der Waals surface area contributed by atoms with Gasteiger partial charge in [-0.25, -0.2) is 0 Å². The number of hydrogen-bond acceptors (Lipinski definition) is 8. The fourth-order valence-corrected chi connectivity index (χ4v) is 4.06. The van der Waals surface area contributed by atoms with Gasteiger partial charge in [-0.1, -0.05) is 47.4 Å². The van der Waals surface area contributed by atoms with Gasteiger partial charge >= 0.3 is 0 Å². The van der Waals surface area contributed by atoms with Crippen LogP contribution >= 0.6 is 23.1 Å². The molecule has 9 nitrogen and oxygen atoms in total. The molecule has 0 saturated heterocycles. The molecule has 0 aliphatic rings. The lowest BCUT2D eigenvalue weighted by Crippen LogP contribution is -2.15. The summed E-state index contributed by atoms with van der Waals surface area (Å²) in [6.07, 6.45) is 0. The molecule has 0 saturated carbocycles. The minimum atomic E-state index is -0.650. The number of para-hydroxylation sites is 1. The second-order valence-corrected chi connectivity index (χ2v) is 8.39. The Morgan fingerprint density at radius 2 is 1.87 bits per heavy atom. The smallest absolute Gasteiger partial charge is 0.282 e. The highest BCUT2D eigenvalue weighted by molar-refractivity contribution is 8.01. The van der Waals surface area contributed by atoms with Crippen LogP contribution in [0.3, 0.4) is 0 Å². The highest BCUT2D eigenvalue weighted by Gasteiger charge is 2.20. The van der Waals surface area contributed by atoms with Gasteiger partial charge in [0.25, 0.3) is 11.6 Å². The maximum atomic E-state index is 12.3. The molecule has 2 aromatic carbocycles. The Hall–Kier alpha value is -3.31. The summed E-state index contributed by atoms with van der Waals surface area (Å²) in [6, 6.07) is 11.3. The zero-order valence-electron chi connectivity index (χ0n) is 16.0. The molecule has 0 bridgehead atoms. The Bertz CT molecular complexity index is 1120. The molecule has 0 fully saturated rings. The number of hydrogen-bond donors (Lipinski definition) is 2. The first-order valence-corrected chi connectivity index (χ1v) is 10.5. The number of nitro groups is 1. The normalized spacial score (nSPS) is 10.5. The standard InChI is InChI=1S/C19H17N5O4S2/c1-11-6-5-8-14(12(11)2)20-16(25)10-29-19-23-22-18(30-19)21-17(26)13-7-3-4-9-15(13)24(27)28/h3-9H,10H2,1-2H3,(H,20,25)(H,21,22,26). The number of amides is 2. The summed E-state index contributed by atoms with van der Waals surface area (Å²) in [5.74, 6) is -0.711. The lowest BCUT2D eigenvalue weighted by atomic mass is 10.1. The number of carbonyl (C=O) groups excluding carboxylic acids is 2. The van der Waals surface area contributed by atoms with E-state index in [1.807, 2.05) is 32.0 Å². The monoisotopic (exact) mass is 443 g/mol. The van der Waals surface area contributed by atoms with Crippen molar-refractivity contribution in [2.24, 2.45) is 0 Å². The van der Waals surface area contributed by atoms with E-state index in [-0.39, 0.29) is 28.0 Å². The number of aromatic nitrogens is 2. The average molecular weight is 444 g/mol. The first kappa shape index (κ1) is 21.4. The number of nitro benzene ring substituents is 1. The minimum absolute atomic E-state index is 0.0696. The predicted molar refractivity (Wildman–Crippen MR) is 116 cm³/mol. The number of benzene rings is 2. The number of aryl methyl sites for hydroxylation is 1. The summed E-state index contributed by atoms with van der Waals surface area (Å²) in [4.78, 5) is 35.0. The number of nitrogens with zero attached hydrogens (tertiary/aromatic N) is 3. The van der Waals surface area contributed by atoms with E-state index in [4.69, 9.17) is 0 Å². The molecule has 0 atom stereocenters. The molecule has 0 aliphatic heterocycles. The van der Waals surface area contributed by atoms with Crippen LogP contribution in [-0.2, 0) is 4.79 Å². The maximum absolute atomic E-state index is 12.3. The van der Waals surface area contributed by atoms with E-state index in [1.165, 1.54) is 36.0 Å². The molecule has 2 amide bonds. The van der Waals surface area contributed by atoms with E-state index >= 15 is 0 Å². The molecule has 1 heterocycles. The molecule has 30 heavy (non-hydrogen) atoms. The van der Waals surface area contributed by atoms with Crippen LogP contribution in [0.1, 0.15) is 21.5 Å². The Balaban J connectivity index is 1.58. The summed E-state index contributed by atoms with van der Waals surface area (Å²) in [7, 11) is 0.